The van der Waals surface area contributed by atoms with Crippen molar-refractivity contribution < 1.29 is 13.2 Å². The van der Waals surface area contributed by atoms with E-state index in [4.69, 9.17) is 11.5 Å². The molecule has 0 bridgehead atoms. The molecule has 0 amide bonds. The Morgan fingerprint density at radius 2 is 1.91 bits per heavy atom. The summed E-state index contributed by atoms with van der Waals surface area (Å²) in [7, 11) is 0. The number of fused-ring (bicyclic) bond motifs is 1. The molecule has 34 heavy (non-hydrogen) atoms. The van der Waals surface area contributed by atoms with Crippen molar-refractivity contribution in [1.82, 2.24) is 24.5 Å². The van der Waals surface area contributed by atoms with Crippen molar-refractivity contribution in [3.8, 4) is 11.8 Å². The predicted molar refractivity (Wildman–Crippen MR) is 118 cm³/mol. The van der Waals surface area contributed by atoms with E-state index >= 15 is 0 Å². The minimum atomic E-state index is -4.77. The normalized spacial score (nSPS) is 12.3. The highest BCUT2D eigenvalue weighted by Crippen LogP contribution is 2.34. The summed E-state index contributed by atoms with van der Waals surface area (Å²) in [5.74, 6) is -0.326. The summed E-state index contributed by atoms with van der Waals surface area (Å²) in [5.41, 5.74) is 9.31. The Hall–Kier alpha value is -4.73. The van der Waals surface area contributed by atoms with Crippen LogP contribution in [0, 0.1) is 11.3 Å². The highest BCUT2D eigenvalue weighted by Gasteiger charge is 2.35. The first-order valence-electron chi connectivity index (χ1n) is 9.74. The smallest absolute Gasteiger partial charge is 0.382 e. The molecule has 0 aliphatic heterocycles. The Morgan fingerprint density at radius 1 is 1.15 bits per heavy atom. The number of anilines is 3. The average Bonchev–Trinajstić information content (AvgIpc) is 2.78. The lowest BCUT2D eigenvalue weighted by Crippen LogP contribution is -2.29. The average molecular weight is 467 g/mol. The first-order valence-corrected chi connectivity index (χ1v) is 9.74. The van der Waals surface area contributed by atoms with Gasteiger partial charge in [-0.1, -0.05) is 6.07 Å². The second-order valence-electron chi connectivity index (χ2n) is 7.19. The maximum atomic E-state index is 13.7. The van der Waals surface area contributed by atoms with Crippen LogP contribution in [0.5, 0.6) is 0 Å². The van der Waals surface area contributed by atoms with E-state index in [1.54, 1.807) is 6.92 Å². The van der Waals surface area contributed by atoms with Gasteiger partial charge < -0.3 is 16.8 Å². The molecule has 1 unspecified atom stereocenters. The maximum absolute atomic E-state index is 13.7. The first-order chi connectivity index (χ1) is 16.1. The summed E-state index contributed by atoms with van der Waals surface area (Å²) < 4.78 is 42.0. The fourth-order valence-corrected chi connectivity index (χ4v) is 3.49. The summed E-state index contributed by atoms with van der Waals surface area (Å²) in [5, 5.41) is 11.7. The molecule has 10 nitrogen and oxygen atoms in total. The highest BCUT2D eigenvalue weighted by atomic mass is 19.4. The van der Waals surface area contributed by atoms with Gasteiger partial charge in [-0.05, 0) is 31.2 Å². The SMILES string of the molecule is CC(Nc1nc(N)nc(N)c1C#N)c1nc2cccc(C(F)(F)F)c2c(=O)n1-c1cccnc1. The number of hydrogen-bond donors (Lipinski definition) is 3. The minimum Gasteiger partial charge on any atom is -0.382 e. The van der Waals surface area contributed by atoms with Gasteiger partial charge in [0.15, 0.2) is 5.82 Å². The maximum Gasteiger partial charge on any atom is 0.417 e. The largest absolute Gasteiger partial charge is 0.417 e. The Kier molecular flexibility index (Phi) is 5.50. The number of nitrogen functional groups attached to an aromatic ring is 2. The molecule has 13 heteroatoms. The lowest BCUT2D eigenvalue weighted by atomic mass is 10.1. The first kappa shape index (κ1) is 22.5. The molecular formula is C21H16F3N9O. The molecule has 4 rings (SSSR count). The molecule has 0 spiro atoms. The molecule has 172 valence electrons. The molecule has 0 aliphatic rings. The Bertz CT molecular complexity index is 1490. The summed E-state index contributed by atoms with van der Waals surface area (Å²) in [4.78, 5) is 29.5. The fourth-order valence-electron chi connectivity index (χ4n) is 3.49. The van der Waals surface area contributed by atoms with Gasteiger partial charge in [0.2, 0.25) is 5.95 Å². The van der Waals surface area contributed by atoms with Gasteiger partial charge in [0, 0.05) is 6.20 Å². The molecule has 1 aromatic carbocycles. The standard InChI is InChI=1S/C21H16F3N9O/c1-10(29-17-12(8-25)16(26)31-20(27)32-17)18-30-14-6-2-5-13(21(22,23)24)15(14)19(34)33(18)11-4-3-7-28-9-11/h2-7,9-10H,1H3,(H5,26,27,29,31,32). The topological polar surface area (TPSA) is 161 Å². The monoisotopic (exact) mass is 467 g/mol. The molecular weight excluding hydrogens is 451 g/mol. The molecule has 4 aromatic rings. The third-order valence-electron chi connectivity index (χ3n) is 4.94. The number of aromatic nitrogens is 5. The molecule has 0 aliphatic carbocycles. The van der Waals surface area contributed by atoms with Crippen LogP contribution in [0.15, 0.2) is 47.5 Å². The van der Waals surface area contributed by atoms with Crippen LogP contribution in [-0.4, -0.2) is 24.5 Å². The number of nitrogens with one attached hydrogen (secondary N) is 1. The van der Waals surface area contributed by atoms with E-state index in [9.17, 15) is 23.2 Å². The van der Waals surface area contributed by atoms with Gasteiger partial charge in [-0.25, -0.2) is 4.98 Å². The minimum absolute atomic E-state index is 0.0175. The van der Waals surface area contributed by atoms with Gasteiger partial charge in [-0.15, -0.1) is 0 Å². The van der Waals surface area contributed by atoms with Gasteiger partial charge in [-0.3, -0.25) is 14.3 Å². The van der Waals surface area contributed by atoms with Crippen molar-refractivity contribution >= 4 is 28.5 Å². The molecule has 5 N–H and O–H groups in total. The lowest BCUT2D eigenvalue weighted by molar-refractivity contribution is -0.136. The van der Waals surface area contributed by atoms with Crippen LogP contribution in [0.25, 0.3) is 16.6 Å². The van der Waals surface area contributed by atoms with E-state index < -0.39 is 28.7 Å². The predicted octanol–water partition coefficient (Wildman–Crippen LogP) is 2.80. The number of nitrogens with two attached hydrogens (primary N) is 2. The van der Waals surface area contributed by atoms with Crippen LogP contribution in [-0.2, 0) is 6.18 Å². The van der Waals surface area contributed by atoms with E-state index in [0.717, 1.165) is 10.6 Å². The number of benzene rings is 1. The Balaban J connectivity index is 1.98. The van der Waals surface area contributed by atoms with Crippen LogP contribution in [0.2, 0.25) is 0 Å². The van der Waals surface area contributed by atoms with Gasteiger partial charge in [0.1, 0.15) is 23.3 Å². The molecule has 3 aromatic heterocycles. The number of pyridine rings is 1. The summed E-state index contributed by atoms with van der Waals surface area (Å²) in [6.07, 6.45) is -1.99. The molecule has 1 atom stereocenters. The van der Waals surface area contributed by atoms with Crippen molar-refractivity contribution in [2.75, 3.05) is 16.8 Å². The van der Waals surface area contributed by atoms with E-state index in [-0.39, 0.29) is 40.2 Å². The molecule has 0 fully saturated rings. The third kappa shape index (κ3) is 3.92. The number of hydrogen-bond acceptors (Lipinski definition) is 9. The fraction of sp³-hybridized carbons (Fsp3) is 0.143. The van der Waals surface area contributed by atoms with E-state index in [2.05, 4.69) is 25.3 Å². The summed E-state index contributed by atoms with van der Waals surface area (Å²) >= 11 is 0. The van der Waals surface area contributed by atoms with Crippen molar-refractivity contribution in [2.24, 2.45) is 0 Å². The van der Waals surface area contributed by atoms with E-state index in [1.807, 2.05) is 6.07 Å². The lowest BCUT2D eigenvalue weighted by Gasteiger charge is -2.21. The number of nitrogens with zero attached hydrogens (tertiary/aromatic N) is 6. The third-order valence-corrected chi connectivity index (χ3v) is 4.94. The highest BCUT2D eigenvalue weighted by molar-refractivity contribution is 5.82. The number of halogens is 3. The summed E-state index contributed by atoms with van der Waals surface area (Å²) in [6.45, 7) is 1.59. The zero-order valence-electron chi connectivity index (χ0n) is 17.5. The van der Waals surface area contributed by atoms with Crippen molar-refractivity contribution in [3.05, 3.63) is 70.0 Å². The molecule has 0 saturated carbocycles. The van der Waals surface area contributed by atoms with E-state index in [1.165, 1.54) is 36.7 Å². The van der Waals surface area contributed by atoms with Gasteiger partial charge in [0.25, 0.3) is 5.56 Å². The molecule has 3 heterocycles. The second-order valence-corrected chi connectivity index (χ2v) is 7.19. The number of alkyl halides is 3. The zero-order chi connectivity index (χ0) is 24.6. The van der Waals surface area contributed by atoms with Crippen LogP contribution >= 0.6 is 0 Å². The Morgan fingerprint density at radius 3 is 2.56 bits per heavy atom. The van der Waals surface area contributed by atoms with Crippen LogP contribution in [0.4, 0.5) is 30.8 Å². The quantitative estimate of drug-likeness (QED) is 0.410. The Labute approximate surface area is 189 Å². The van der Waals surface area contributed by atoms with E-state index in [0.29, 0.717) is 0 Å². The van der Waals surface area contributed by atoms with Crippen LogP contribution in [0.1, 0.15) is 29.9 Å². The van der Waals surface area contributed by atoms with Crippen molar-refractivity contribution in [2.45, 2.75) is 19.1 Å². The van der Waals surface area contributed by atoms with Gasteiger partial charge >= 0.3 is 6.18 Å². The second kappa shape index (κ2) is 8.32. The van der Waals surface area contributed by atoms with Gasteiger partial charge in [-0.2, -0.15) is 28.4 Å². The van der Waals surface area contributed by atoms with Crippen LogP contribution in [0.3, 0.4) is 0 Å². The van der Waals surface area contributed by atoms with Gasteiger partial charge in [0.05, 0.1) is 34.4 Å². The van der Waals surface area contributed by atoms with Crippen molar-refractivity contribution in [3.63, 3.8) is 0 Å². The summed E-state index contributed by atoms with van der Waals surface area (Å²) in [6, 6.07) is 7.38. The molecule has 0 radical (unpaired) electrons. The number of nitriles is 1. The molecule has 0 saturated heterocycles. The van der Waals surface area contributed by atoms with Crippen molar-refractivity contribution in [1.29, 1.82) is 5.26 Å². The number of rotatable bonds is 4. The zero-order valence-corrected chi connectivity index (χ0v) is 17.5. The van der Waals surface area contributed by atoms with Crippen LogP contribution < -0.4 is 22.3 Å².